The van der Waals surface area contributed by atoms with E-state index >= 15 is 0 Å². The van der Waals surface area contributed by atoms with Crippen molar-refractivity contribution in [3.05, 3.63) is 41.3 Å². The normalized spacial score (nSPS) is 22.3. The van der Waals surface area contributed by atoms with Gasteiger partial charge in [0.2, 0.25) is 0 Å². The minimum absolute atomic E-state index is 0.179. The van der Waals surface area contributed by atoms with Crippen molar-refractivity contribution in [2.45, 2.75) is 49.3 Å². The standard InChI is InChI=1S/C22H26ClN5O3S/c1-22(13-31-14-22)26-6-4-15(5-7-26)19-9-21-16(8-20(19)23)10-25-28(21)17-11-24-27(12-17)32(29,30)18-2-3-18/h8-12,15,18H,2-7,13-14H2,1H3. The largest absolute Gasteiger partial charge is 0.377 e. The number of aromatic nitrogens is 4. The number of fused-ring (bicyclic) bond motifs is 1. The molecule has 0 radical (unpaired) electrons. The van der Waals surface area contributed by atoms with Crippen molar-refractivity contribution in [3.8, 4) is 5.69 Å². The molecule has 1 saturated carbocycles. The van der Waals surface area contributed by atoms with E-state index in [1.807, 2.05) is 6.07 Å². The summed E-state index contributed by atoms with van der Waals surface area (Å²) in [6, 6.07) is 4.08. The lowest BCUT2D eigenvalue weighted by Crippen LogP contribution is -2.61. The molecule has 0 bridgehead atoms. The van der Waals surface area contributed by atoms with Crippen molar-refractivity contribution in [2.75, 3.05) is 26.3 Å². The fourth-order valence-electron chi connectivity index (χ4n) is 4.95. The number of halogens is 1. The number of benzene rings is 1. The molecule has 0 N–H and O–H groups in total. The van der Waals surface area contributed by atoms with Gasteiger partial charge in [-0.1, -0.05) is 11.6 Å². The van der Waals surface area contributed by atoms with E-state index in [2.05, 4.69) is 28.1 Å². The molecule has 0 amide bonds. The van der Waals surface area contributed by atoms with Gasteiger partial charge in [0.25, 0.3) is 10.0 Å². The van der Waals surface area contributed by atoms with Crippen LogP contribution in [0, 0.1) is 0 Å². The van der Waals surface area contributed by atoms with Gasteiger partial charge in [0.15, 0.2) is 0 Å². The number of hydrogen-bond donors (Lipinski definition) is 0. The van der Waals surface area contributed by atoms with Gasteiger partial charge in [-0.3, -0.25) is 4.90 Å². The van der Waals surface area contributed by atoms with Gasteiger partial charge in [-0.2, -0.15) is 14.3 Å². The Hall–Kier alpha value is -1.94. The van der Waals surface area contributed by atoms with Crippen molar-refractivity contribution in [1.29, 1.82) is 0 Å². The molecule has 170 valence electrons. The van der Waals surface area contributed by atoms with E-state index in [0.717, 1.165) is 64.7 Å². The summed E-state index contributed by atoms with van der Waals surface area (Å²) < 4.78 is 33.3. The minimum Gasteiger partial charge on any atom is -0.377 e. The molecule has 10 heteroatoms. The Morgan fingerprint density at radius 1 is 1.09 bits per heavy atom. The molecule has 4 heterocycles. The lowest BCUT2D eigenvalue weighted by atomic mass is 9.86. The fraction of sp³-hybridized carbons (Fsp3) is 0.545. The molecule has 2 aliphatic heterocycles. The average molecular weight is 476 g/mol. The quantitative estimate of drug-likeness (QED) is 0.563. The number of ether oxygens (including phenoxy) is 1. The predicted octanol–water partition coefficient (Wildman–Crippen LogP) is 3.18. The zero-order valence-electron chi connectivity index (χ0n) is 17.9. The summed E-state index contributed by atoms with van der Waals surface area (Å²) in [5.41, 5.74) is 2.85. The Labute approximate surface area is 192 Å². The van der Waals surface area contributed by atoms with Crippen LogP contribution in [-0.4, -0.2) is 69.4 Å². The predicted molar refractivity (Wildman–Crippen MR) is 122 cm³/mol. The maximum atomic E-state index is 12.5. The molecule has 2 aromatic heterocycles. The second-order valence-electron chi connectivity index (χ2n) is 9.56. The smallest absolute Gasteiger partial charge is 0.256 e. The van der Waals surface area contributed by atoms with Gasteiger partial charge in [0, 0.05) is 10.4 Å². The first-order valence-electron chi connectivity index (χ1n) is 11.1. The van der Waals surface area contributed by atoms with Crippen LogP contribution in [0.4, 0.5) is 0 Å². The summed E-state index contributed by atoms with van der Waals surface area (Å²) in [5.74, 6) is 0.383. The van der Waals surface area contributed by atoms with Gasteiger partial charge in [-0.05, 0) is 69.3 Å². The van der Waals surface area contributed by atoms with Crippen molar-refractivity contribution in [2.24, 2.45) is 0 Å². The fourth-order valence-corrected chi connectivity index (χ4v) is 6.75. The monoisotopic (exact) mass is 475 g/mol. The summed E-state index contributed by atoms with van der Waals surface area (Å²) in [5, 5.41) is 9.99. The van der Waals surface area contributed by atoms with Crippen LogP contribution in [0.2, 0.25) is 5.02 Å². The molecule has 8 nitrogen and oxygen atoms in total. The third-order valence-electron chi connectivity index (χ3n) is 7.21. The van der Waals surface area contributed by atoms with Gasteiger partial charge in [-0.25, -0.2) is 13.1 Å². The summed E-state index contributed by atoms with van der Waals surface area (Å²) >= 11 is 6.70. The Kier molecular flexibility index (Phi) is 4.70. The van der Waals surface area contributed by atoms with Crippen LogP contribution in [0.15, 0.2) is 30.7 Å². The van der Waals surface area contributed by atoms with Crippen molar-refractivity contribution in [1.82, 2.24) is 23.9 Å². The topological polar surface area (TPSA) is 82.3 Å². The molecule has 2 saturated heterocycles. The van der Waals surface area contributed by atoms with Crippen LogP contribution >= 0.6 is 11.6 Å². The molecular weight excluding hydrogens is 450 g/mol. The van der Waals surface area contributed by atoms with E-state index in [1.54, 1.807) is 23.3 Å². The van der Waals surface area contributed by atoms with Crippen LogP contribution in [0.3, 0.4) is 0 Å². The van der Waals surface area contributed by atoms with Crippen LogP contribution < -0.4 is 0 Å². The molecule has 1 aromatic carbocycles. The van der Waals surface area contributed by atoms with Crippen LogP contribution in [-0.2, 0) is 14.8 Å². The zero-order chi connectivity index (χ0) is 22.1. The third-order valence-corrected chi connectivity index (χ3v) is 9.57. The van der Waals surface area contributed by atoms with Crippen molar-refractivity contribution >= 4 is 32.5 Å². The Morgan fingerprint density at radius 2 is 1.84 bits per heavy atom. The molecule has 6 rings (SSSR count). The van der Waals surface area contributed by atoms with E-state index in [0.29, 0.717) is 24.4 Å². The van der Waals surface area contributed by atoms with Crippen molar-refractivity contribution < 1.29 is 13.2 Å². The summed E-state index contributed by atoms with van der Waals surface area (Å²) in [6.07, 6.45) is 8.37. The van der Waals surface area contributed by atoms with Crippen LogP contribution in [0.25, 0.3) is 16.6 Å². The van der Waals surface area contributed by atoms with Crippen LogP contribution in [0.5, 0.6) is 0 Å². The van der Waals surface area contributed by atoms with E-state index in [1.165, 1.54) is 0 Å². The highest BCUT2D eigenvalue weighted by atomic mass is 35.5. The highest BCUT2D eigenvalue weighted by Crippen LogP contribution is 2.38. The molecule has 3 fully saturated rings. The zero-order valence-corrected chi connectivity index (χ0v) is 19.5. The first kappa shape index (κ1) is 20.7. The number of piperidine rings is 1. The lowest BCUT2D eigenvalue weighted by molar-refractivity contribution is -0.136. The molecule has 0 spiro atoms. The van der Waals surface area contributed by atoms with Gasteiger partial charge < -0.3 is 4.74 Å². The summed E-state index contributed by atoms with van der Waals surface area (Å²) in [4.78, 5) is 2.54. The number of hydrogen-bond acceptors (Lipinski definition) is 6. The Morgan fingerprint density at radius 3 is 2.50 bits per heavy atom. The van der Waals surface area contributed by atoms with E-state index < -0.39 is 10.0 Å². The molecule has 3 aromatic rings. The summed E-state index contributed by atoms with van der Waals surface area (Å²) in [7, 11) is -3.41. The van der Waals surface area contributed by atoms with Gasteiger partial charge in [0.1, 0.15) is 5.69 Å². The third kappa shape index (κ3) is 3.29. The number of likely N-dealkylation sites (tertiary alicyclic amines) is 1. The first-order chi connectivity index (χ1) is 15.3. The molecular formula is C22H26ClN5O3S. The van der Waals surface area contributed by atoms with Gasteiger partial charge >= 0.3 is 0 Å². The highest BCUT2D eigenvalue weighted by Gasteiger charge is 2.41. The van der Waals surface area contributed by atoms with Crippen LogP contribution in [0.1, 0.15) is 44.1 Å². The van der Waals surface area contributed by atoms with E-state index in [4.69, 9.17) is 16.3 Å². The molecule has 1 aliphatic carbocycles. The molecule has 0 unspecified atom stereocenters. The number of rotatable bonds is 5. The average Bonchev–Trinajstić information content (AvgIpc) is 3.38. The van der Waals surface area contributed by atoms with E-state index in [9.17, 15) is 8.42 Å². The molecule has 32 heavy (non-hydrogen) atoms. The lowest BCUT2D eigenvalue weighted by Gasteiger charge is -2.50. The summed E-state index contributed by atoms with van der Waals surface area (Å²) in [6.45, 7) is 5.97. The van der Waals surface area contributed by atoms with Gasteiger partial charge in [-0.15, -0.1) is 0 Å². The minimum atomic E-state index is -3.41. The van der Waals surface area contributed by atoms with Crippen molar-refractivity contribution in [3.63, 3.8) is 0 Å². The maximum absolute atomic E-state index is 12.5. The number of nitrogens with zero attached hydrogens (tertiary/aromatic N) is 5. The molecule has 3 aliphatic rings. The first-order valence-corrected chi connectivity index (χ1v) is 13.0. The maximum Gasteiger partial charge on any atom is 0.256 e. The second kappa shape index (κ2) is 7.28. The Bertz CT molecular complexity index is 1280. The SMILES string of the molecule is CC1(N2CCC(c3cc4c(cnn4-c4cnn(S(=O)(=O)C5CC5)c4)cc3Cl)CC2)COC1. The van der Waals surface area contributed by atoms with Gasteiger partial charge in [0.05, 0.1) is 48.1 Å². The molecule has 0 atom stereocenters. The second-order valence-corrected chi connectivity index (χ2v) is 12.0. The van der Waals surface area contributed by atoms with E-state index in [-0.39, 0.29) is 10.8 Å². The highest BCUT2D eigenvalue weighted by molar-refractivity contribution is 7.90. The Balaban J connectivity index is 1.29.